The van der Waals surface area contributed by atoms with Crippen LogP contribution in [0.5, 0.6) is 5.75 Å². The molecule has 21 heavy (non-hydrogen) atoms. The van der Waals surface area contributed by atoms with Crippen LogP contribution in [0.25, 0.3) is 0 Å². The number of carbonyl (C=O) groups excluding carboxylic acids is 1. The highest BCUT2D eigenvalue weighted by Crippen LogP contribution is 2.26. The van der Waals surface area contributed by atoms with Gasteiger partial charge in [0.2, 0.25) is 0 Å². The average molecular weight is 285 g/mol. The van der Waals surface area contributed by atoms with Gasteiger partial charge in [-0.2, -0.15) is 0 Å². The molecule has 0 aliphatic heterocycles. The number of nitrogens with zero attached hydrogens (tertiary/aromatic N) is 2. The van der Waals surface area contributed by atoms with E-state index in [0.29, 0.717) is 30.2 Å². The summed E-state index contributed by atoms with van der Waals surface area (Å²) in [5.41, 5.74) is 7.73. The second-order valence-corrected chi connectivity index (χ2v) is 4.68. The van der Waals surface area contributed by atoms with Gasteiger partial charge >= 0.3 is 0 Å². The molecular weight excluding hydrogens is 266 g/mol. The number of ether oxygens (including phenoxy) is 1. The Kier molecular flexibility index (Phi) is 4.77. The SMILES string of the molecule is CCOc1cccc(N)c1C(=O)N(C)Cc1cccnc1. The summed E-state index contributed by atoms with van der Waals surface area (Å²) in [6.45, 7) is 2.82. The molecular formula is C16H19N3O2. The van der Waals surface area contributed by atoms with Crippen molar-refractivity contribution in [2.45, 2.75) is 13.5 Å². The monoisotopic (exact) mass is 285 g/mol. The van der Waals surface area contributed by atoms with Crippen LogP contribution in [0.15, 0.2) is 42.7 Å². The lowest BCUT2D eigenvalue weighted by Crippen LogP contribution is -2.27. The Bertz CT molecular complexity index is 614. The molecule has 0 spiro atoms. The predicted molar refractivity (Wildman–Crippen MR) is 82.1 cm³/mol. The van der Waals surface area contributed by atoms with E-state index < -0.39 is 0 Å². The number of carbonyl (C=O) groups is 1. The first kappa shape index (κ1) is 14.8. The van der Waals surface area contributed by atoms with Crippen LogP contribution < -0.4 is 10.5 Å². The van der Waals surface area contributed by atoms with E-state index in [0.717, 1.165) is 5.56 Å². The third kappa shape index (κ3) is 3.51. The molecule has 1 heterocycles. The lowest BCUT2D eigenvalue weighted by Gasteiger charge is -2.20. The van der Waals surface area contributed by atoms with Crippen LogP contribution in [0.2, 0.25) is 0 Å². The van der Waals surface area contributed by atoms with Crippen molar-refractivity contribution in [3.63, 3.8) is 0 Å². The van der Waals surface area contributed by atoms with Gasteiger partial charge in [0.1, 0.15) is 11.3 Å². The molecule has 0 unspecified atom stereocenters. The number of nitrogens with two attached hydrogens (primary N) is 1. The van der Waals surface area contributed by atoms with Gasteiger partial charge in [-0.3, -0.25) is 9.78 Å². The highest BCUT2D eigenvalue weighted by Gasteiger charge is 2.20. The van der Waals surface area contributed by atoms with Gasteiger partial charge in [-0.15, -0.1) is 0 Å². The molecule has 2 N–H and O–H groups in total. The Morgan fingerprint density at radius 2 is 2.14 bits per heavy atom. The van der Waals surface area contributed by atoms with Crippen molar-refractivity contribution in [3.8, 4) is 5.75 Å². The molecule has 5 heteroatoms. The number of nitrogen functional groups attached to an aromatic ring is 1. The second-order valence-electron chi connectivity index (χ2n) is 4.68. The lowest BCUT2D eigenvalue weighted by atomic mass is 10.1. The maximum Gasteiger partial charge on any atom is 0.259 e. The third-order valence-electron chi connectivity index (χ3n) is 3.06. The average Bonchev–Trinajstić information content (AvgIpc) is 2.48. The molecule has 0 aliphatic rings. The molecule has 110 valence electrons. The van der Waals surface area contributed by atoms with Crippen molar-refractivity contribution in [1.82, 2.24) is 9.88 Å². The summed E-state index contributed by atoms with van der Waals surface area (Å²) in [7, 11) is 1.73. The minimum Gasteiger partial charge on any atom is -0.493 e. The molecule has 0 saturated heterocycles. The number of anilines is 1. The number of hydrogen-bond donors (Lipinski definition) is 1. The van der Waals surface area contributed by atoms with Crippen LogP contribution in [0.3, 0.4) is 0 Å². The summed E-state index contributed by atoms with van der Waals surface area (Å²) in [4.78, 5) is 18.3. The Hall–Kier alpha value is -2.56. The molecule has 1 amide bonds. The van der Waals surface area contributed by atoms with E-state index in [-0.39, 0.29) is 5.91 Å². The standard InChI is InChI=1S/C16H19N3O2/c1-3-21-14-8-4-7-13(17)15(14)16(20)19(2)11-12-6-5-9-18-10-12/h4-10H,3,11,17H2,1-2H3. The molecule has 2 aromatic rings. The number of rotatable bonds is 5. The van der Waals surface area contributed by atoms with Gasteiger partial charge in [-0.25, -0.2) is 0 Å². The van der Waals surface area contributed by atoms with E-state index in [1.54, 1.807) is 42.5 Å². The third-order valence-corrected chi connectivity index (χ3v) is 3.06. The molecule has 2 rings (SSSR count). The zero-order valence-corrected chi connectivity index (χ0v) is 12.2. The molecule has 1 aromatic carbocycles. The Morgan fingerprint density at radius 1 is 1.33 bits per heavy atom. The molecule has 0 saturated carbocycles. The van der Waals surface area contributed by atoms with Crippen molar-refractivity contribution >= 4 is 11.6 Å². The Balaban J connectivity index is 2.23. The maximum atomic E-state index is 12.6. The molecule has 0 bridgehead atoms. The fraction of sp³-hybridized carbons (Fsp3) is 0.250. The van der Waals surface area contributed by atoms with Crippen LogP contribution in [0, 0.1) is 0 Å². The summed E-state index contributed by atoms with van der Waals surface area (Å²) in [5.74, 6) is 0.348. The molecule has 0 radical (unpaired) electrons. The lowest BCUT2D eigenvalue weighted by molar-refractivity contribution is 0.0782. The number of hydrogen-bond acceptors (Lipinski definition) is 4. The fourth-order valence-electron chi connectivity index (χ4n) is 2.08. The first-order chi connectivity index (χ1) is 10.1. The van der Waals surface area contributed by atoms with Crippen LogP contribution >= 0.6 is 0 Å². The van der Waals surface area contributed by atoms with E-state index in [9.17, 15) is 4.79 Å². The van der Waals surface area contributed by atoms with Gasteiger partial charge < -0.3 is 15.4 Å². The molecule has 0 fully saturated rings. The Labute approximate surface area is 124 Å². The topological polar surface area (TPSA) is 68.5 Å². The van der Waals surface area contributed by atoms with E-state index in [2.05, 4.69) is 4.98 Å². The van der Waals surface area contributed by atoms with Crippen LogP contribution in [0.1, 0.15) is 22.8 Å². The van der Waals surface area contributed by atoms with Crippen molar-refractivity contribution < 1.29 is 9.53 Å². The summed E-state index contributed by atoms with van der Waals surface area (Å²) >= 11 is 0. The molecule has 0 atom stereocenters. The largest absolute Gasteiger partial charge is 0.493 e. The molecule has 0 aliphatic carbocycles. The first-order valence-corrected chi connectivity index (χ1v) is 6.79. The number of aromatic nitrogens is 1. The molecule has 1 aromatic heterocycles. The van der Waals surface area contributed by atoms with E-state index >= 15 is 0 Å². The normalized spacial score (nSPS) is 10.2. The summed E-state index contributed by atoms with van der Waals surface area (Å²) < 4.78 is 5.50. The minimum atomic E-state index is -0.166. The molecule has 5 nitrogen and oxygen atoms in total. The van der Waals surface area contributed by atoms with Gasteiger partial charge in [0, 0.05) is 31.7 Å². The fourth-order valence-corrected chi connectivity index (χ4v) is 2.08. The van der Waals surface area contributed by atoms with Gasteiger partial charge in [-0.05, 0) is 30.7 Å². The van der Waals surface area contributed by atoms with Gasteiger partial charge in [0.15, 0.2) is 0 Å². The quantitative estimate of drug-likeness (QED) is 0.856. The summed E-state index contributed by atoms with van der Waals surface area (Å²) in [6, 6.07) is 9.00. The van der Waals surface area contributed by atoms with Gasteiger partial charge in [0.25, 0.3) is 5.91 Å². The number of pyridine rings is 1. The van der Waals surface area contributed by atoms with Gasteiger partial charge in [0.05, 0.1) is 6.61 Å². The van der Waals surface area contributed by atoms with E-state index in [1.807, 2.05) is 19.1 Å². The highest BCUT2D eigenvalue weighted by atomic mass is 16.5. The highest BCUT2D eigenvalue weighted by molar-refractivity contribution is 6.01. The number of amides is 1. The van der Waals surface area contributed by atoms with Crippen molar-refractivity contribution in [1.29, 1.82) is 0 Å². The van der Waals surface area contributed by atoms with Crippen molar-refractivity contribution in [2.24, 2.45) is 0 Å². The van der Waals surface area contributed by atoms with E-state index in [1.165, 1.54) is 0 Å². The zero-order valence-electron chi connectivity index (χ0n) is 12.2. The van der Waals surface area contributed by atoms with Crippen LogP contribution in [-0.2, 0) is 6.54 Å². The maximum absolute atomic E-state index is 12.6. The van der Waals surface area contributed by atoms with Crippen LogP contribution in [0.4, 0.5) is 5.69 Å². The van der Waals surface area contributed by atoms with Crippen molar-refractivity contribution in [2.75, 3.05) is 19.4 Å². The zero-order chi connectivity index (χ0) is 15.2. The summed E-state index contributed by atoms with van der Waals surface area (Å²) in [6.07, 6.45) is 3.44. The predicted octanol–water partition coefficient (Wildman–Crippen LogP) is 2.33. The minimum absolute atomic E-state index is 0.166. The van der Waals surface area contributed by atoms with Gasteiger partial charge in [-0.1, -0.05) is 12.1 Å². The van der Waals surface area contributed by atoms with Crippen molar-refractivity contribution in [3.05, 3.63) is 53.9 Å². The Morgan fingerprint density at radius 3 is 2.81 bits per heavy atom. The van der Waals surface area contributed by atoms with E-state index in [4.69, 9.17) is 10.5 Å². The van der Waals surface area contributed by atoms with Crippen LogP contribution in [-0.4, -0.2) is 29.4 Å². The number of benzene rings is 1. The first-order valence-electron chi connectivity index (χ1n) is 6.79. The second kappa shape index (κ2) is 6.74. The smallest absolute Gasteiger partial charge is 0.259 e. The summed E-state index contributed by atoms with van der Waals surface area (Å²) in [5, 5.41) is 0.